The summed E-state index contributed by atoms with van der Waals surface area (Å²) in [5.74, 6) is 0. The van der Waals surface area contributed by atoms with Gasteiger partial charge in [0.2, 0.25) is 0 Å². The third-order valence-electron chi connectivity index (χ3n) is 3.79. The van der Waals surface area contributed by atoms with Crippen molar-refractivity contribution in [2.45, 2.75) is 16.7 Å². The second kappa shape index (κ2) is 7.86. The highest BCUT2D eigenvalue weighted by Gasteiger charge is 2.21. The van der Waals surface area contributed by atoms with E-state index in [1.54, 1.807) is 14.0 Å². The Labute approximate surface area is 178 Å². The lowest BCUT2D eigenvalue weighted by atomic mass is 10.3. The molecule has 0 aliphatic rings. The molecule has 2 aromatic carbocycles. The van der Waals surface area contributed by atoms with E-state index in [0.29, 0.717) is 5.69 Å². The molecule has 0 unspecified atom stereocenters. The Morgan fingerprint density at radius 2 is 1.41 bits per heavy atom. The molecule has 1 heterocycles. The average Bonchev–Trinajstić information content (AvgIpc) is 2.93. The van der Waals surface area contributed by atoms with Crippen LogP contribution in [0.3, 0.4) is 0 Å². The molecule has 2 N–H and O–H groups in total. The summed E-state index contributed by atoms with van der Waals surface area (Å²) in [7, 11) is -6.16. The molecule has 0 atom stereocenters. The SMILES string of the molecule is Cc1nn(C)cc1S(=O)(=O)Nc1ccc(S(=O)(=O)Nc2cc(Cl)cc(Cl)c2)cc1. The van der Waals surface area contributed by atoms with Crippen molar-refractivity contribution in [3.05, 3.63) is 64.4 Å². The van der Waals surface area contributed by atoms with Gasteiger partial charge in [-0.3, -0.25) is 14.1 Å². The van der Waals surface area contributed by atoms with E-state index >= 15 is 0 Å². The molecule has 0 spiro atoms. The Bertz CT molecular complexity index is 1250. The first-order chi connectivity index (χ1) is 13.5. The van der Waals surface area contributed by atoms with E-state index in [1.807, 2.05) is 0 Å². The molecular weight excluding hydrogens is 459 g/mol. The van der Waals surface area contributed by atoms with Crippen molar-refractivity contribution < 1.29 is 16.8 Å². The number of nitrogens with zero attached hydrogens (tertiary/aromatic N) is 2. The van der Waals surface area contributed by atoms with Crippen LogP contribution in [0.15, 0.2) is 58.5 Å². The quantitative estimate of drug-likeness (QED) is 0.566. The zero-order chi connectivity index (χ0) is 21.4. The van der Waals surface area contributed by atoms with Crippen LogP contribution in [0.5, 0.6) is 0 Å². The molecule has 12 heteroatoms. The van der Waals surface area contributed by atoms with E-state index in [4.69, 9.17) is 23.2 Å². The molecule has 0 aliphatic heterocycles. The second-order valence-corrected chi connectivity index (χ2v) is 10.4. The number of nitrogens with one attached hydrogen (secondary N) is 2. The first-order valence-electron chi connectivity index (χ1n) is 8.08. The van der Waals surface area contributed by atoms with E-state index in [2.05, 4.69) is 14.5 Å². The van der Waals surface area contributed by atoms with Crippen molar-refractivity contribution in [2.75, 3.05) is 9.44 Å². The zero-order valence-electron chi connectivity index (χ0n) is 15.2. The Balaban J connectivity index is 1.81. The number of aromatic nitrogens is 2. The topological polar surface area (TPSA) is 110 Å². The van der Waals surface area contributed by atoms with Gasteiger partial charge in [-0.2, -0.15) is 5.10 Å². The highest BCUT2D eigenvalue weighted by molar-refractivity contribution is 7.93. The van der Waals surface area contributed by atoms with Crippen molar-refractivity contribution in [1.29, 1.82) is 0 Å². The lowest BCUT2D eigenvalue weighted by Gasteiger charge is -2.11. The van der Waals surface area contributed by atoms with Crippen LogP contribution in [0.1, 0.15) is 5.69 Å². The summed E-state index contributed by atoms with van der Waals surface area (Å²) >= 11 is 11.8. The number of halogens is 2. The van der Waals surface area contributed by atoms with Crippen LogP contribution in [0.25, 0.3) is 0 Å². The van der Waals surface area contributed by atoms with Crippen LogP contribution < -0.4 is 9.44 Å². The molecule has 0 radical (unpaired) electrons. The van der Waals surface area contributed by atoms with E-state index in [0.717, 1.165) is 0 Å². The lowest BCUT2D eigenvalue weighted by molar-refractivity contribution is 0.599. The Morgan fingerprint density at radius 1 is 0.862 bits per heavy atom. The molecule has 0 bridgehead atoms. The summed E-state index contributed by atoms with van der Waals surface area (Å²) in [6.07, 6.45) is 1.39. The second-order valence-electron chi connectivity index (χ2n) is 6.15. The molecule has 3 rings (SSSR count). The van der Waals surface area contributed by atoms with Crippen molar-refractivity contribution in [1.82, 2.24) is 9.78 Å². The summed E-state index contributed by atoms with van der Waals surface area (Å²) in [6.45, 7) is 1.58. The van der Waals surface area contributed by atoms with Gasteiger partial charge in [0.05, 0.1) is 16.3 Å². The molecule has 3 aromatic rings. The molecule has 29 heavy (non-hydrogen) atoms. The van der Waals surface area contributed by atoms with Crippen LogP contribution in [-0.2, 0) is 27.1 Å². The van der Waals surface area contributed by atoms with Crippen molar-refractivity contribution in [3.8, 4) is 0 Å². The van der Waals surface area contributed by atoms with Gasteiger partial charge in [-0.25, -0.2) is 16.8 Å². The highest BCUT2D eigenvalue weighted by atomic mass is 35.5. The van der Waals surface area contributed by atoms with Gasteiger partial charge in [0.15, 0.2) is 0 Å². The number of rotatable bonds is 6. The van der Waals surface area contributed by atoms with E-state index in [-0.39, 0.29) is 31.2 Å². The van der Waals surface area contributed by atoms with E-state index in [9.17, 15) is 16.8 Å². The molecule has 0 amide bonds. The van der Waals surface area contributed by atoms with Crippen molar-refractivity contribution in [2.24, 2.45) is 7.05 Å². The van der Waals surface area contributed by atoms with Gasteiger partial charge in [0.1, 0.15) is 4.90 Å². The largest absolute Gasteiger partial charge is 0.280 e. The van der Waals surface area contributed by atoms with Gasteiger partial charge in [0, 0.05) is 29.0 Å². The average molecular weight is 475 g/mol. The zero-order valence-corrected chi connectivity index (χ0v) is 18.4. The summed E-state index contributed by atoms with van der Waals surface area (Å²) in [5.41, 5.74) is 0.765. The molecule has 0 saturated heterocycles. The fourth-order valence-electron chi connectivity index (χ4n) is 2.58. The normalized spacial score (nSPS) is 12.0. The molecule has 154 valence electrons. The first-order valence-corrected chi connectivity index (χ1v) is 11.8. The highest BCUT2D eigenvalue weighted by Crippen LogP contribution is 2.25. The third-order valence-corrected chi connectivity index (χ3v) is 7.11. The van der Waals surface area contributed by atoms with Crippen molar-refractivity contribution in [3.63, 3.8) is 0 Å². The number of aryl methyl sites for hydroxylation is 2. The minimum atomic E-state index is -3.92. The molecular formula is C17H16Cl2N4O4S2. The van der Waals surface area contributed by atoms with Crippen LogP contribution in [0.4, 0.5) is 11.4 Å². The maximum Gasteiger partial charge on any atom is 0.265 e. The lowest BCUT2D eigenvalue weighted by Crippen LogP contribution is -2.15. The van der Waals surface area contributed by atoms with Crippen LogP contribution in [0, 0.1) is 6.92 Å². The van der Waals surface area contributed by atoms with Crippen LogP contribution in [-0.4, -0.2) is 26.6 Å². The summed E-state index contributed by atoms with van der Waals surface area (Å²) < 4.78 is 56.3. The van der Waals surface area contributed by atoms with E-state index in [1.165, 1.54) is 53.3 Å². The van der Waals surface area contributed by atoms with Crippen LogP contribution >= 0.6 is 23.2 Å². The molecule has 1 aromatic heterocycles. The Hall–Kier alpha value is -2.27. The van der Waals surface area contributed by atoms with Crippen LogP contribution in [0.2, 0.25) is 10.0 Å². The van der Waals surface area contributed by atoms with Gasteiger partial charge in [-0.1, -0.05) is 23.2 Å². The predicted molar refractivity (Wildman–Crippen MR) is 112 cm³/mol. The monoisotopic (exact) mass is 474 g/mol. The number of anilines is 2. The van der Waals surface area contributed by atoms with Gasteiger partial charge < -0.3 is 0 Å². The fraction of sp³-hybridized carbons (Fsp3) is 0.118. The van der Waals surface area contributed by atoms with Gasteiger partial charge in [0.25, 0.3) is 20.0 Å². The summed E-state index contributed by atoms with van der Waals surface area (Å²) in [6, 6.07) is 9.58. The number of benzene rings is 2. The minimum absolute atomic E-state index is 0.0381. The number of sulfonamides is 2. The molecule has 0 saturated carbocycles. The van der Waals surface area contributed by atoms with Gasteiger partial charge in [-0.15, -0.1) is 0 Å². The molecule has 0 fully saturated rings. The van der Waals surface area contributed by atoms with E-state index < -0.39 is 20.0 Å². The Morgan fingerprint density at radius 3 is 1.93 bits per heavy atom. The number of hydrogen-bond acceptors (Lipinski definition) is 5. The molecule has 8 nitrogen and oxygen atoms in total. The third kappa shape index (κ3) is 5.02. The smallest absolute Gasteiger partial charge is 0.265 e. The minimum Gasteiger partial charge on any atom is -0.280 e. The molecule has 0 aliphatic carbocycles. The maximum atomic E-state index is 12.5. The summed E-state index contributed by atoms with van der Waals surface area (Å²) in [5, 5.41) is 4.57. The standard InChI is InChI=1S/C17H16Cl2N4O4S2/c1-11-17(10-23(2)20-11)29(26,27)21-14-3-5-16(6-4-14)28(24,25)22-15-8-12(18)7-13(19)9-15/h3-10,21-22H,1-2H3. The predicted octanol–water partition coefficient (Wildman–Crippen LogP) is 3.64. The first kappa shape index (κ1) is 21.4. The summed E-state index contributed by atoms with van der Waals surface area (Å²) in [4.78, 5) is -0.0229. The Kier molecular flexibility index (Phi) is 5.81. The number of hydrogen-bond donors (Lipinski definition) is 2. The maximum absolute atomic E-state index is 12.5. The van der Waals surface area contributed by atoms with Crippen molar-refractivity contribution >= 4 is 54.6 Å². The van der Waals surface area contributed by atoms with Gasteiger partial charge >= 0.3 is 0 Å². The van der Waals surface area contributed by atoms with Gasteiger partial charge in [-0.05, 0) is 49.4 Å². The fourth-order valence-corrected chi connectivity index (χ4v) is 5.42.